The van der Waals surface area contributed by atoms with Crippen molar-refractivity contribution in [3.63, 3.8) is 0 Å². The van der Waals surface area contributed by atoms with E-state index in [0.29, 0.717) is 19.6 Å². The van der Waals surface area contributed by atoms with E-state index in [0.717, 1.165) is 11.3 Å². The van der Waals surface area contributed by atoms with Crippen molar-refractivity contribution in [3.05, 3.63) is 59.9 Å². The van der Waals surface area contributed by atoms with Gasteiger partial charge in [-0.1, -0.05) is 44.2 Å². The van der Waals surface area contributed by atoms with Crippen LogP contribution in [0, 0.1) is 5.92 Å². The molecule has 0 radical (unpaired) electrons. The van der Waals surface area contributed by atoms with Crippen LogP contribution in [0.4, 0.5) is 0 Å². The Labute approximate surface area is 161 Å². The second kappa shape index (κ2) is 7.86. The van der Waals surface area contributed by atoms with Crippen molar-refractivity contribution in [2.75, 3.05) is 25.9 Å². The quantitative estimate of drug-likeness (QED) is 0.762. The summed E-state index contributed by atoms with van der Waals surface area (Å²) >= 11 is 0. The van der Waals surface area contributed by atoms with Gasteiger partial charge < -0.3 is 9.47 Å². The van der Waals surface area contributed by atoms with Crippen LogP contribution in [0.3, 0.4) is 0 Å². The average molecular weight is 390 g/mol. The normalized spacial score (nSPS) is 17.4. The summed E-state index contributed by atoms with van der Waals surface area (Å²) < 4.78 is 27.7. The minimum atomic E-state index is -3.44. The van der Waals surface area contributed by atoms with Crippen LogP contribution in [0.15, 0.2) is 48.7 Å². The number of sulfonamides is 1. The zero-order valence-corrected chi connectivity index (χ0v) is 16.9. The van der Waals surface area contributed by atoms with Crippen LogP contribution in [0.2, 0.25) is 0 Å². The van der Waals surface area contributed by atoms with Crippen molar-refractivity contribution in [2.45, 2.75) is 26.4 Å². The number of hydrogen-bond donors (Lipinski definition) is 0. The second-order valence-corrected chi connectivity index (χ2v) is 9.46. The van der Waals surface area contributed by atoms with Gasteiger partial charge in [0.05, 0.1) is 18.8 Å². The van der Waals surface area contributed by atoms with E-state index in [2.05, 4.69) is 4.57 Å². The highest BCUT2D eigenvalue weighted by Gasteiger charge is 2.33. The first kappa shape index (κ1) is 19.6. The summed E-state index contributed by atoms with van der Waals surface area (Å²) in [6.45, 7) is 5.37. The van der Waals surface area contributed by atoms with Crippen LogP contribution in [-0.4, -0.2) is 54.0 Å². The Balaban J connectivity index is 1.91. The van der Waals surface area contributed by atoms with Gasteiger partial charge in [-0.05, 0) is 23.6 Å². The number of carbonyl (C=O) groups is 1. The molecule has 0 fully saturated rings. The summed E-state index contributed by atoms with van der Waals surface area (Å²) in [6.07, 6.45) is 3.19. The van der Waals surface area contributed by atoms with E-state index in [9.17, 15) is 13.2 Å². The zero-order valence-electron chi connectivity index (χ0n) is 16.1. The molecule has 1 amide bonds. The Morgan fingerprint density at radius 2 is 1.85 bits per heavy atom. The minimum absolute atomic E-state index is 0.124. The van der Waals surface area contributed by atoms with Crippen molar-refractivity contribution >= 4 is 15.9 Å². The monoisotopic (exact) mass is 389 g/mol. The highest BCUT2D eigenvalue weighted by Crippen LogP contribution is 2.32. The number of amides is 1. The number of benzene rings is 1. The third kappa shape index (κ3) is 4.42. The SMILES string of the molecule is CC(C)CN(CC(=O)N1CCn2cccc2[C@H]1c1ccccc1)S(C)(=O)=O. The van der Waals surface area contributed by atoms with Gasteiger partial charge in [-0.3, -0.25) is 4.79 Å². The van der Waals surface area contributed by atoms with Gasteiger partial charge in [-0.2, -0.15) is 4.31 Å². The molecule has 1 aliphatic rings. The minimum Gasteiger partial charge on any atom is -0.348 e. The topological polar surface area (TPSA) is 62.6 Å². The van der Waals surface area contributed by atoms with Crippen LogP contribution in [0.5, 0.6) is 0 Å². The molecule has 1 aliphatic heterocycles. The summed E-state index contributed by atoms with van der Waals surface area (Å²) in [4.78, 5) is 15.0. The fourth-order valence-corrected chi connectivity index (χ4v) is 4.52. The van der Waals surface area contributed by atoms with Gasteiger partial charge in [-0.25, -0.2) is 8.42 Å². The summed E-state index contributed by atoms with van der Waals surface area (Å²) in [5.74, 6) is -0.0154. The van der Waals surface area contributed by atoms with Crippen LogP contribution >= 0.6 is 0 Å². The molecule has 1 atom stereocenters. The number of hydrogen-bond acceptors (Lipinski definition) is 3. The van der Waals surface area contributed by atoms with Crippen molar-refractivity contribution in [1.29, 1.82) is 0 Å². The van der Waals surface area contributed by atoms with Crippen molar-refractivity contribution in [3.8, 4) is 0 Å². The lowest BCUT2D eigenvalue weighted by Gasteiger charge is -2.38. The Bertz CT molecular complexity index is 890. The molecule has 0 saturated carbocycles. The third-order valence-corrected chi connectivity index (χ3v) is 6.04. The summed E-state index contributed by atoms with van der Waals surface area (Å²) in [5, 5.41) is 0. The van der Waals surface area contributed by atoms with Crippen molar-refractivity contribution in [2.24, 2.45) is 5.92 Å². The second-order valence-electron chi connectivity index (χ2n) is 7.48. The van der Waals surface area contributed by atoms with Gasteiger partial charge in [-0.15, -0.1) is 0 Å². The highest BCUT2D eigenvalue weighted by atomic mass is 32.2. The zero-order chi connectivity index (χ0) is 19.6. The molecule has 0 unspecified atom stereocenters. The van der Waals surface area contributed by atoms with E-state index in [1.54, 1.807) is 0 Å². The molecular formula is C20H27N3O3S. The van der Waals surface area contributed by atoms with Crippen LogP contribution in [-0.2, 0) is 21.4 Å². The van der Waals surface area contributed by atoms with Gasteiger partial charge >= 0.3 is 0 Å². The average Bonchev–Trinajstić information content (AvgIpc) is 3.08. The Hall–Kier alpha value is -2.12. The molecule has 1 aromatic carbocycles. The predicted octanol–water partition coefficient (Wildman–Crippen LogP) is 2.34. The molecule has 0 saturated heterocycles. The van der Waals surface area contributed by atoms with E-state index in [1.807, 2.05) is 67.4 Å². The molecule has 2 aromatic rings. The Morgan fingerprint density at radius 1 is 1.15 bits per heavy atom. The number of rotatable bonds is 6. The molecule has 0 N–H and O–H groups in total. The van der Waals surface area contributed by atoms with Gasteiger partial charge in [0.2, 0.25) is 15.9 Å². The molecule has 0 bridgehead atoms. The van der Waals surface area contributed by atoms with E-state index < -0.39 is 10.0 Å². The molecule has 6 nitrogen and oxygen atoms in total. The Kier molecular flexibility index (Phi) is 5.72. The smallest absolute Gasteiger partial charge is 0.238 e. The molecule has 146 valence electrons. The lowest BCUT2D eigenvalue weighted by Crippen LogP contribution is -2.48. The maximum atomic E-state index is 13.2. The standard InChI is InChI=1S/C20H27N3O3S/c1-16(2)14-22(27(3,25)26)15-19(24)23-13-12-21-11-7-10-18(21)20(23)17-8-5-4-6-9-17/h4-11,16,20H,12-15H2,1-3H3/t20-/m1/s1. The lowest BCUT2D eigenvalue weighted by molar-refractivity contribution is -0.134. The fraction of sp³-hybridized carbons (Fsp3) is 0.450. The van der Waals surface area contributed by atoms with E-state index in [4.69, 9.17) is 0 Å². The lowest BCUT2D eigenvalue weighted by atomic mass is 10.00. The summed E-state index contributed by atoms with van der Waals surface area (Å²) in [7, 11) is -3.44. The first-order valence-electron chi connectivity index (χ1n) is 9.22. The largest absolute Gasteiger partial charge is 0.348 e. The van der Waals surface area contributed by atoms with Crippen LogP contribution < -0.4 is 0 Å². The van der Waals surface area contributed by atoms with Crippen molar-refractivity contribution in [1.82, 2.24) is 13.8 Å². The molecule has 7 heteroatoms. The van der Waals surface area contributed by atoms with Gasteiger partial charge in [0.1, 0.15) is 0 Å². The maximum Gasteiger partial charge on any atom is 0.238 e. The van der Waals surface area contributed by atoms with Gasteiger partial charge in [0.15, 0.2) is 0 Å². The third-order valence-electron chi connectivity index (χ3n) is 4.82. The molecule has 27 heavy (non-hydrogen) atoms. The Morgan fingerprint density at radius 3 is 2.48 bits per heavy atom. The van der Waals surface area contributed by atoms with E-state index >= 15 is 0 Å². The predicted molar refractivity (Wildman–Crippen MR) is 106 cm³/mol. The summed E-state index contributed by atoms with van der Waals surface area (Å²) in [6, 6.07) is 13.7. The van der Waals surface area contributed by atoms with Gasteiger partial charge in [0.25, 0.3) is 0 Å². The van der Waals surface area contributed by atoms with Crippen molar-refractivity contribution < 1.29 is 13.2 Å². The van der Waals surface area contributed by atoms with Crippen LogP contribution in [0.1, 0.15) is 31.1 Å². The molecule has 2 heterocycles. The molecule has 0 aliphatic carbocycles. The highest BCUT2D eigenvalue weighted by molar-refractivity contribution is 7.88. The number of carbonyl (C=O) groups excluding carboxylic acids is 1. The van der Waals surface area contributed by atoms with Gasteiger partial charge in [0, 0.05) is 31.5 Å². The molecule has 1 aromatic heterocycles. The van der Waals surface area contributed by atoms with E-state index in [-0.39, 0.29) is 24.4 Å². The number of fused-ring (bicyclic) bond motifs is 1. The number of nitrogens with zero attached hydrogens (tertiary/aromatic N) is 3. The first-order valence-corrected chi connectivity index (χ1v) is 11.1. The maximum absolute atomic E-state index is 13.2. The molecular weight excluding hydrogens is 362 g/mol. The molecule has 0 spiro atoms. The van der Waals surface area contributed by atoms with Crippen LogP contribution in [0.25, 0.3) is 0 Å². The van der Waals surface area contributed by atoms with E-state index in [1.165, 1.54) is 10.6 Å². The fourth-order valence-electron chi connectivity index (χ4n) is 3.60. The molecule has 3 rings (SSSR count). The number of aromatic nitrogens is 1. The summed E-state index contributed by atoms with van der Waals surface area (Å²) in [5.41, 5.74) is 2.08. The first-order chi connectivity index (χ1) is 12.8.